The molecule has 0 atom stereocenters. The van der Waals surface area contributed by atoms with Crippen molar-refractivity contribution in [2.24, 2.45) is 17.8 Å². The van der Waals surface area contributed by atoms with Crippen LogP contribution in [0.5, 0.6) is 5.75 Å². The average molecular weight is 532 g/mol. The molecule has 7 nitrogen and oxygen atoms in total. The normalized spacial score (nSPS) is 18.7. The van der Waals surface area contributed by atoms with Crippen LogP contribution >= 0.6 is 0 Å². The second-order valence-electron chi connectivity index (χ2n) is 11.2. The van der Waals surface area contributed by atoms with Crippen LogP contribution in [0.1, 0.15) is 56.1 Å². The van der Waals surface area contributed by atoms with Gasteiger partial charge in [0.25, 0.3) is 5.56 Å². The summed E-state index contributed by atoms with van der Waals surface area (Å²) < 4.78 is 7.49. The Balaban J connectivity index is 1.08. The Kier molecular flexibility index (Phi) is 7.67. The van der Waals surface area contributed by atoms with Gasteiger partial charge in [0, 0.05) is 17.2 Å². The van der Waals surface area contributed by atoms with E-state index in [2.05, 4.69) is 21.1 Å². The number of rotatable bonds is 9. The first kappa shape index (κ1) is 25.9. The van der Waals surface area contributed by atoms with Crippen LogP contribution < -0.4 is 10.3 Å². The number of ether oxygens (including phenoxy) is 1. The molecule has 2 fully saturated rings. The van der Waals surface area contributed by atoms with Crippen LogP contribution in [0, 0.1) is 29.1 Å². The minimum Gasteiger partial charge on any atom is -0.490 e. The molecule has 0 N–H and O–H groups in total. The van der Waals surface area contributed by atoms with Crippen molar-refractivity contribution >= 4 is 0 Å². The second-order valence-corrected chi connectivity index (χ2v) is 11.2. The van der Waals surface area contributed by atoms with Gasteiger partial charge in [0.2, 0.25) is 0 Å². The van der Waals surface area contributed by atoms with Crippen molar-refractivity contribution in [3.63, 3.8) is 0 Å². The van der Waals surface area contributed by atoms with Gasteiger partial charge in [0.05, 0.1) is 42.9 Å². The highest BCUT2D eigenvalue weighted by Crippen LogP contribution is 2.41. The first-order chi connectivity index (χ1) is 19.6. The molecule has 0 radical (unpaired) electrons. The van der Waals surface area contributed by atoms with Crippen molar-refractivity contribution in [2.45, 2.75) is 51.5 Å². The van der Waals surface area contributed by atoms with Gasteiger partial charge in [0.15, 0.2) is 11.6 Å². The Morgan fingerprint density at radius 3 is 2.30 bits per heavy atom. The van der Waals surface area contributed by atoms with Crippen LogP contribution in [0.4, 0.5) is 0 Å². The second kappa shape index (κ2) is 11.8. The van der Waals surface area contributed by atoms with Gasteiger partial charge in [-0.15, -0.1) is 0 Å². The number of hydrogen-bond acceptors (Lipinski definition) is 6. The zero-order chi connectivity index (χ0) is 27.3. The fraction of sp³-hybridized carbons (Fsp3) is 0.364. The summed E-state index contributed by atoms with van der Waals surface area (Å²) in [6.07, 6.45) is 13.1. The Bertz CT molecular complexity index is 1560. The minimum atomic E-state index is -0.195. The monoisotopic (exact) mass is 531 g/mol. The van der Waals surface area contributed by atoms with Crippen molar-refractivity contribution in [3.05, 3.63) is 94.5 Å². The molecule has 6 rings (SSSR count). The zero-order valence-corrected chi connectivity index (χ0v) is 22.6. The summed E-state index contributed by atoms with van der Waals surface area (Å²) in [5.41, 5.74) is 3.56. The SMILES string of the molecule is N#Cc1cccc(-c2ccc(=O)n(Cc3cccc(-c4ncc(OCC5CCC(CC6CC6)CC5)cn4)c3)n2)c1. The predicted octanol–water partition coefficient (Wildman–Crippen LogP) is 6.27. The van der Waals surface area contributed by atoms with Gasteiger partial charge < -0.3 is 4.74 Å². The molecule has 2 aliphatic carbocycles. The summed E-state index contributed by atoms with van der Waals surface area (Å²) in [7, 11) is 0. The maximum atomic E-state index is 12.6. The van der Waals surface area contributed by atoms with E-state index in [0.29, 0.717) is 35.3 Å². The summed E-state index contributed by atoms with van der Waals surface area (Å²) in [5.74, 6) is 3.89. The number of benzene rings is 2. The molecule has 0 unspecified atom stereocenters. The Hall–Kier alpha value is -4.31. The molecule has 0 spiro atoms. The zero-order valence-electron chi connectivity index (χ0n) is 22.6. The van der Waals surface area contributed by atoms with Crippen LogP contribution in [0.2, 0.25) is 0 Å². The summed E-state index contributed by atoms with van der Waals surface area (Å²) in [6, 6.07) is 20.4. The van der Waals surface area contributed by atoms with Crippen LogP contribution in [-0.2, 0) is 6.54 Å². The van der Waals surface area contributed by atoms with E-state index >= 15 is 0 Å². The molecule has 2 aromatic carbocycles. The molecule has 202 valence electrons. The number of nitriles is 1. The largest absolute Gasteiger partial charge is 0.490 e. The third-order valence-corrected chi connectivity index (χ3v) is 8.12. The molecule has 2 aliphatic rings. The van der Waals surface area contributed by atoms with E-state index in [1.165, 1.54) is 55.7 Å². The average Bonchev–Trinajstić information content (AvgIpc) is 3.82. The lowest BCUT2D eigenvalue weighted by Gasteiger charge is -2.28. The Labute approximate surface area is 234 Å². The molecular formula is C33H33N5O2. The van der Waals surface area contributed by atoms with Gasteiger partial charge in [-0.3, -0.25) is 4.79 Å². The fourth-order valence-electron chi connectivity index (χ4n) is 5.66. The van der Waals surface area contributed by atoms with Crippen molar-refractivity contribution in [1.29, 1.82) is 5.26 Å². The van der Waals surface area contributed by atoms with E-state index in [4.69, 9.17) is 4.74 Å². The third kappa shape index (κ3) is 6.45. The van der Waals surface area contributed by atoms with Gasteiger partial charge in [-0.1, -0.05) is 56.0 Å². The molecular weight excluding hydrogens is 498 g/mol. The van der Waals surface area contributed by atoms with E-state index in [1.54, 1.807) is 30.6 Å². The quantitative estimate of drug-likeness (QED) is 0.253. The van der Waals surface area contributed by atoms with Gasteiger partial charge in [-0.05, 0) is 66.8 Å². The number of hydrogen-bond donors (Lipinski definition) is 0. The smallest absolute Gasteiger partial charge is 0.267 e. The number of nitrogens with zero attached hydrogens (tertiary/aromatic N) is 5. The van der Waals surface area contributed by atoms with Crippen molar-refractivity contribution in [3.8, 4) is 34.5 Å². The van der Waals surface area contributed by atoms with Crippen LogP contribution in [0.3, 0.4) is 0 Å². The molecule has 2 heterocycles. The highest BCUT2D eigenvalue weighted by atomic mass is 16.5. The number of aromatic nitrogens is 4. The van der Waals surface area contributed by atoms with Gasteiger partial charge in [0.1, 0.15) is 0 Å². The lowest BCUT2D eigenvalue weighted by Crippen LogP contribution is -2.22. The Morgan fingerprint density at radius 1 is 0.850 bits per heavy atom. The molecule has 40 heavy (non-hydrogen) atoms. The molecule has 7 heteroatoms. The Morgan fingerprint density at radius 2 is 1.55 bits per heavy atom. The van der Waals surface area contributed by atoms with Gasteiger partial charge >= 0.3 is 0 Å². The van der Waals surface area contributed by atoms with Gasteiger partial charge in [-0.25, -0.2) is 14.6 Å². The third-order valence-electron chi connectivity index (χ3n) is 8.12. The van der Waals surface area contributed by atoms with E-state index in [9.17, 15) is 10.1 Å². The molecule has 0 bridgehead atoms. The van der Waals surface area contributed by atoms with Crippen LogP contribution in [-0.4, -0.2) is 26.4 Å². The lowest BCUT2D eigenvalue weighted by molar-refractivity contribution is 0.176. The van der Waals surface area contributed by atoms with Crippen LogP contribution in [0.15, 0.2) is 77.9 Å². The van der Waals surface area contributed by atoms with Crippen molar-refractivity contribution < 1.29 is 4.74 Å². The van der Waals surface area contributed by atoms with Crippen molar-refractivity contribution in [2.75, 3.05) is 6.61 Å². The highest BCUT2D eigenvalue weighted by molar-refractivity contribution is 5.60. The molecule has 2 aromatic heterocycles. The topological polar surface area (TPSA) is 93.7 Å². The first-order valence-corrected chi connectivity index (χ1v) is 14.3. The molecule has 0 amide bonds. The molecule has 2 saturated carbocycles. The summed E-state index contributed by atoms with van der Waals surface area (Å²) in [4.78, 5) is 21.7. The van der Waals surface area contributed by atoms with Crippen molar-refractivity contribution in [1.82, 2.24) is 19.7 Å². The standard InChI is InChI=1S/C33H33N5O2/c34-18-26-3-1-5-28(16-26)31-13-14-32(39)38(37-31)21-27-4-2-6-29(17-27)33-35-19-30(20-36-33)40-22-25-11-9-24(10-12-25)15-23-7-8-23/h1-6,13-14,16-17,19-20,23-25H,7-12,15,21-22H2. The van der Waals surface area contributed by atoms with Gasteiger partial charge in [-0.2, -0.15) is 10.4 Å². The van der Waals surface area contributed by atoms with E-state index in [1.807, 2.05) is 36.4 Å². The summed E-state index contributed by atoms with van der Waals surface area (Å²) in [5, 5.41) is 13.8. The molecule has 4 aromatic rings. The molecule has 0 aliphatic heterocycles. The van der Waals surface area contributed by atoms with E-state index in [0.717, 1.165) is 35.1 Å². The molecule has 0 saturated heterocycles. The lowest BCUT2D eigenvalue weighted by atomic mass is 9.80. The highest BCUT2D eigenvalue weighted by Gasteiger charge is 2.28. The maximum absolute atomic E-state index is 12.6. The predicted molar refractivity (Wildman–Crippen MR) is 154 cm³/mol. The summed E-state index contributed by atoms with van der Waals surface area (Å²) in [6.45, 7) is 1.04. The van der Waals surface area contributed by atoms with E-state index in [-0.39, 0.29) is 5.56 Å². The summed E-state index contributed by atoms with van der Waals surface area (Å²) >= 11 is 0. The van der Waals surface area contributed by atoms with E-state index < -0.39 is 0 Å². The first-order valence-electron chi connectivity index (χ1n) is 14.3. The minimum absolute atomic E-state index is 0.195. The fourth-order valence-corrected chi connectivity index (χ4v) is 5.66. The maximum Gasteiger partial charge on any atom is 0.267 e. The van der Waals surface area contributed by atoms with Crippen LogP contribution in [0.25, 0.3) is 22.6 Å².